The molecule has 4 rings (SSSR count). The third-order valence-corrected chi connectivity index (χ3v) is 3.80. The van der Waals surface area contributed by atoms with Crippen molar-refractivity contribution < 1.29 is 17.1 Å². The molecular weight excluding hydrogens is 358 g/mol. The van der Waals surface area contributed by atoms with Crippen molar-refractivity contribution in [3.05, 3.63) is 103 Å². The van der Waals surface area contributed by atoms with E-state index < -0.39 is 0 Å². The minimum atomic E-state index is 0. The van der Waals surface area contributed by atoms with Gasteiger partial charge in [0.15, 0.2) is 0 Å². The fraction of sp³-hybridized carbons (Fsp3) is 0.208. The van der Waals surface area contributed by atoms with E-state index in [1.807, 2.05) is 66.7 Å². The normalized spacial score (nSPS) is 9.27. The van der Waals surface area contributed by atoms with Crippen LogP contribution in [0.2, 0.25) is 0 Å². The summed E-state index contributed by atoms with van der Waals surface area (Å²) < 4.78 is 0. The summed E-state index contributed by atoms with van der Waals surface area (Å²) in [6.45, 7) is 2.23. The van der Waals surface area contributed by atoms with Crippen molar-refractivity contribution in [2.75, 3.05) is 0 Å². The molecule has 3 aromatic carbocycles. The topological polar surface area (TPSA) is 12.9 Å². The molecule has 0 radical (unpaired) electrons. The van der Waals surface area contributed by atoms with Gasteiger partial charge in [0.1, 0.15) is 0 Å². The van der Waals surface area contributed by atoms with Gasteiger partial charge in [-0.3, -0.25) is 4.98 Å². The van der Waals surface area contributed by atoms with Crippen LogP contribution in [0.4, 0.5) is 0 Å². The van der Waals surface area contributed by atoms with Crippen LogP contribution in [-0.4, -0.2) is 4.98 Å². The molecule has 0 aliphatic carbocycles. The van der Waals surface area contributed by atoms with E-state index >= 15 is 0 Å². The third kappa shape index (κ3) is 8.80. The Bertz CT molecular complexity index is 712. The van der Waals surface area contributed by atoms with E-state index in [2.05, 4.69) is 42.2 Å². The molecule has 142 valence electrons. The molecule has 26 heavy (non-hydrogen) atoms. The van der Waals surface area contributed by atoms with E-state index in [1.165, 1.54) is 30.3 Å². The molecule has 4 aromatic rings. The summed E-state index contributed by atoms with van der Waals surface area (Å²) in [5.74, 6) is 0. The largest absolute Gasteiger partial charge is 0.748 e. The van der Waals surface area contributed by atoms with Crippen molar-refractivity contribution in [3.8, 4) is 0 Å². The first-order valence-corrected chi connectivity index (χ1v) is 9.08. The maximum absolute atomic E-state index is 4.65. The number of aryl methyl sites for hydroxylation is 1. The van der Waals surface area contributed by atoms with Crippen LogP contribution in [0.15, 0.2) is 97.1 Å². The summed E-state index contributed by atoms with van der Waals surface area (Å²) >= 11 is 0. The quantitative estimate of drug-likeness (QED) is 0.214. The number of fused-ring (bicyclic) bond motifs is 1. The summed E-state index contributed by atoms with van der Waals surface area (Å²) in [4.78, 5) is 4.65. The molecule has 0 aliphatic heterocycles. The molecule has 0 unspecified atom stereocenters. The molecule has 0 bridgehead atoms. The molecule has 0 fully saturated rings. The van der Waals surface area contributed by atoms with Crippen molar-refractivity contribution >= 4 is 10.9 Å². The molecule has 0 saturated heterocycles. The van der Waals surface area contributed by atoms with Gasteiger partial charge in [-0.1, -0.05) is 44.0 Å². The molecule has 0 spiro atoms. The van der Waals surface area contributed by atoms with E-state index in [0.717, 1.165) is 11.9 Å². The number of rotatable bonds is 4. The molecule has 0 amide bonds. The molecule has 0 N–H and O–H groups in total. The average molecular weight is 385 g/mol. The maximum atomic E-state index is 4.65. The fourth-order valence-corrected chi connectivity index (χ4v) is 2.45. The number of hydrogen-bond donors (Lipinski definition) is 0. The third-order valence-electron chi connectivity index (χ3n) is 3.80. The Hall–Kier alpha value is -2.15. The van der Waals surface area contributed by atoms with Crippen molar-refractivity contribution in [2.45, 2.75) is 32.6 Å². The predicted octanol–water partition coefficient (Wildman–Crippen LogP) is 6.78. The van der Waals surface area contributed by atoms with Gasteiger partial charge in [-0.2, -0.15) is 18.2 Å². The van der Waals surface area contributed by atoms with Crippen LogP contribution in [-0.2, 0) is 23.5 Å². The minimum Gasteiger partial charge on any atom is -0.748 e. The summed E-state index contributed by atoms with van der Waals surface area (Å²) in [5.41, 5.74) is 2.34. The zero-order chi connectivity index (χ0) is 17.6. The number of para-hydroxylation sites is 1. The zero-order valence-corrected chi connectivity index (χ0v) is 16.5. The number of nitrogens with zero attached hydrogens (tertiary/aromatic N) is 1. The van der Waals surface area contributed by atoms with Gasteiger partial charge in [-0.05, 0) is 25.0 Å². The van der Waals surface area contributed by atoms with E-state index in [-0.39, 0.29) is 17.1 Å². The Morgan fingerprint density at radius 3 is 2.00 bits per heavy atom. The number of aromatic nitrogens is 1. The molecule has 2 heteroatoms. The van der Waals surface area contributed by atoms with Gasteiger partial charge in [0.05, 0.1) is 5.52 Å². The Labute approximate surface area is 168 Å². The van der Waals surface area contributed by atoms with Gasteiger partial charge in [0, 0.05) is 28.1 Å². The van der Waals surface area contributed by atoms with Gasteiger partial charge < -0.3 is 30.3 Å². The number of hydrogen-bond acceptors (Lipinski definition) is 1. The average Bonchev–Trinajstić information content (AvgIpc) is 3.40. The van der Waals surface area contributed by atoms with Gasteiger partial charge >= 0.3 is 0 Å². The van der Waals surface area contributed by atoms with E-state index in [4.69, 9.17) is 0 Å². The second kappa shape index (κ2) is 14.1. The standard InChI is InChI=1S/C14H17N.2C5H5.Fe/c1-2-3-4-8-13-11-10-12-7-5-6-9-14(12)15-13;2*1-2-4-5-3-1;/h5-7,9-11H,2-4,8H2,1H3;2*1-5H;/q;-5;-1;. The van der Waals surface area contributed by atoms with Crippen LogP contribution < -0.4 is 0 Å². The summed E-state index contributed by atoms with van der Waals surface area (Å²) in [6.07, 6.45) is 4.93. The smallest absolute Gasteiger partial charge is 0.0705 e. The molecule has 1 aromatic heterocycles. The molecule has 0 saturated carbocycles. The second-order valence-electron chi connectivity index (χ2n) is 5.88. The van der Waals surface area contributed by atoms with Crippen LogP contribution in [0.25, 0.3) is 10.9 Å². The molecule has 0 atom stereocenters. The number of unbranched alkanes of at least 4 members (excludes halogenated alkanes) is 2. The number of benzene rings is 1. The minimum absolute atomic E-state index is 0. The zero-order valence-electron chi connectivity index (χ0n) is 15.4. The van der Waals surface area contributed by atoms with Crippen LogP contribution >= 0.6 is 0 Å². The van der Waals surface area contributed by atoms with Crippen LogP contribution in [0.1, 0.15) is 31.9 Å². The number of pyridine rings is 1. The Morgan fingerprint density at radius 1 is 0.769 bits per heavy atom. The van der Waals surface area contributed by atoms with Gasteiger partial charge in [-0.25, -0.2) is 12.1 Å². The van der Waals surface area contributed by atoms with Crippen molar-refractivity contribution in [3.63, 3.8) is 0 Å². The molecule has 1 nitrogen and oxygen atoms in total. The first-order chi connectivity index (χ1) is 12.4. The molecular formula is C24H27FeN-6. The fourth-order valence-electron chi connectivity index (χ4n) is 2.45. The second-order valence-corrected chi connectivity index (χ2v) is 5.88. The molecule has 1 heterocycles. The molecule has 0 aliphatic rings. The van der Waals surface area contributed by atoms with Gasteiger partial charge in [0.25, 0.3) is 0 Å². The Morgan fingerprint density at radius 2 is 1.42 bits per heavy atom. The van der Waals surface area contributed by atoms with E-state index in [9.17, 15) is 0 Å². The van der Waals surface area contributed by atoms with Crippen molar-refractivity contribution in [1.82, 2.24) is 4.98 Å². The van der Waals surface area contributed by atoms with E-state index in [0.29, 0.717) is 0 Å². The summed E-state index contributed by atoms with van der Waals surface area (Å²) in [6, 6.07) is 32.6. The van der Waals surface area contributed by atoms with Gasteiger partial charge in [-0.15, -0.1) is 0 Å². The Balaban J connectivity index is 0.000000251. The van der Waals surface area contributed by atoms with E-state index in [1.54, 1.807) is 0 Å². The van der Waals surface area contributed by atoms with Crippen LogP contribution in [0, 0.1) is 0 Å². The SMILES string of the molecule is CCCCCc1ccc2ccccc2n1.[Fe].[cH-]1[cH-][cH-][cH-][cH-]1.c1cc[cH-]c1. The predicted molar refractivity (Wildman–Crippen MR) is 109 cm³/mol. The Kier molecular flexibility index (Phi) is 11.8. The van der Waals surface area contributed by atoms with Crippen molar-refractivity contribution in [1.29, 1.82) is 0 Å². The van der Waals surface area contributed by atoms with Crippen molar-refractivity contribution in [2.24, 2.45) is 0 Å². The summed E-state index contributed by atoms with van der Waals surface area (Å²) in [5, 5.41) is 1.23. The monoisotopic (exact) mass is 385 g/mol. The van der Waals surface area contributed by atoms with Crippen LogP contribution in [0.3, 0.4) is 0 Å². The van der Waals surface area contributed by atoms with Crippen LogP contribution in [0.5, 0.6) is 0 Å². The first-order valence-electron chi connectivity index (χ1n) is 9.08. The summed E-state index contributed by atoms with van der Waals surface area (Å²) in [7, 11) is 0. The first kappa shape index (κ1) is 21.9. The maximum Gasteiger partial charge on any atom is 0.0705 e. The van der Waals surface area contributed by atoms with Gasteiger partial charge in [0.2, 0.25) is 0 Å².